The maximum atomic E-state index is 13.5. The van der Waals surface area contributed by atoms with Crippen molar-refractivity contribution in [2.24, 2.45) is 0 Å². The Hall–Kier alpha value is -3.47. The van der Waals surface area contributed by atoms with Crippen LogP contribution in [0.25, 0.3) is 5.65 Å². The number of nitrogens with zero attached hydrogens (tertiary/aromatic N) is 6. The lowest BCUT2D eigenvalue weighted by molar-refractivity contribution is -0.142. The molecule has 0 aliphatic heterocycles. The van der Waals surface area contributed by atoms with Crippen LogP contribution >= 0.6 is 11.6 Å². The molecule has 0 saturated heterocycles. The first kappa shape index (κ1) is 20.4. The van der Waals surface area contributed by atoms with Gasteiger partial charge in [0.25, 0.3) is 5.91 Å². The number of halogens is 4. The maximum Gasteiger partial charge on any atom is 0.433 e. The van der Waals surface area contributed by atoms with Crippen LogP contribution in [0, 0.1) is 0 Å². The zero-order valence-electron chi connectivity index (χ0n) is 16.3. The molecule has 32 heavy (non-hydrogen) atoms. The molecular weight excluding hydrogens is 447 g/mol. The smallest absolute Gasteiger partial charge is 0.288 e. The van der Waals surface area contributed by atoms with E-state index in [9.17, 15) is 18.0 Å². The third-order valence-corrected chi connectivity index (χ3v) is 5.20. The third-order valence-electron chi connectivity index (χ3n) is 4.96. The molecule has 0 unspecified atom stereocenters. The number of hydrogen-bond donors (Lipinski definition) is 1. The molecule has 12 heteroatoms. The minimum absolute atomic E-state index is 0.00300. The Kier molecular flexibility index (Phi) is 4.85. The predicted octanol–water partition coefficient (Wildman–Crippen LogP) is 4.17. The largest absolute Gasteiger partial charge is 0.433 e. The first-order valence-electron chi connectivity index (χ1n) is 9.69. The second-order valence-corrected chi connectivity index (χ2v) is 7.92. The van der Waals surface area contributed by atoms with Gasteiger partial charge in [-0.2, -0.15) is 18.3 Å². The summed E-state index contributed by atoms with van der Waals surface area (Å²) in [5.74, 6) is -0.727. The Balaban J connectivity index is 1.38. The number of alkyl halides is 3. The van der Waals surface area contributed by atoms with E-state index in [0.29, 0.717) is 21.8 Å². The zero-order valence-corrected chi connectivity index (χ0v) is 17.1. The first-order chi connectivity index (χ1) is 15.3. The Morgan fingerprint density at radius 3 is 2.72 bits per heavy atom. The second-order valence-electron chi connectivity index (χ2n) is 7.49. The minimum atomic E-state index is -4.63. The van der Waals surface area contributed by atoms with Crippen LogP contribution in [0.4, 0.5) is 19.1 Å². The van der Waals surface area contributed by atoms with E-state index in [1.54, 1.807) is 18.2 Å². The monoisotopic (exact) mass is 461 g/mol. The zero-order chi connectivity index (χ0) is 22.5. The van der Waals surface area contributed by atoms with Gasteiger partial charge in [-0.15, -0.1) is 5.10 Å². The number of aromatic nitrogens is 6. The molecule has 1 amide bonds. The van der Waals surface area contributed by atoms with Crippen LogP contribution < -0.4 is 5.32 Å². The van der Waals surface area contributed by atoms with E-state index in [1.807, 2.05) is 6.07 Å². The minimum Gasteiger partial charge on any atom is -0.288 e. The number of hydrogen-bond acceptors (Lipinski definition) is 5. The van der Waals surface area contributed by atoms with Crippen LogP contribution in [-0.2, 0) is 12.7 Å². The van der Waals surface area contributed by atoms with Gasteiger partial charge in [-0.25, -0.2) is 19.2 Å². The number of carbonyl (C=O) groups excluding carboxylic acids is 1. The summed E-state index contributed by atoms with van der Waals surface area (Å²) in [6, 6.07) is 9.42. The van der Waals surface area contributed by atoms with Crippen molar-refractivity contribution < 1.29 is 18.0 Å². The van der Waals surface area contributed by atoms with E-state index >= 15 is 0 Å². The van der Waals surface area contributed by atoms with Gasteiger partial charge in [0.15, 0.2) is 11.3 Å². The summed E-state index contributed by atoms with van der Waals surface area (Å²) in [5.41, 5.74) is 0.0248. The van der Waals surface area contributed by atoms with E-state index in [1.165, 1.54) is 17.1 Å². The van der Waals surface area contributed by atoms with Crippen molar-refractivity contribution in [1.29, 1.82) is 0 Å². The number of fused-ring (bicyclic) bond motifs is 1. The molecule has 1 saturated carbocycles. The highest BCUT2D eigenvalue weighted by Crippen LogP contribution is 2.41. The highest BCUT2D eigenvalue weighted by Gasteiger charge is 2.37. The topological polar surface area (TPSA) is 90.0 Å². The van der Waals surface area contributed by atoms with Crippen molar-refractivity contribution in [3.8, 4) is 0 Å². The average molecular weight is 462 g/mol. The highest BCUT2D eigenvalue weighted by molar-refractivity contribution is 6.30. The Morgan fingerprint density at radius 2 is 2.00 bits per heavy atom. The summed E-state index contributed by atoms with van der Waals surface area (Å²) >= 11 is 5.97. The van der Waals surface area contributed by atoms with Gasteiger partial charge in [0.05, 0.1) is 6.54 Å². The predicted molar refractivity (Wildman–Crippen MR) is 108 cm³/mol. The SMILES string of the molecule is O=C(Nc1ncn(Cc2cccc(Cl)c2)n1)c1cc2nc(C3CC3)cc(C(F)(F)F)n2n1. The fourth-order valence-corrected chi connectivity index (χ4v) is 3.52. The number of rotatable bonds is 5. The van der Waals surface area contributed by atoms with Crippen molar-refractivity contribution in [3.05, 3.63) is 70.4 Å². The molecule has 8 nitrogen and oxygen atoms in total. The Morgan fingerprint density at radius 1 is 1.19 bits per heavy atom. The molecule has 3 heterocycles. The molecule has 5 rings (SSSR count). The van der Waals surface area contributed by atoms with Gasteiger partial charge < -0.3 is 0 Å². The lowest BCUT2D eigenvalue weighted by Gasteiger charge is -2.10. The van der Waals surface area contributed by atoms with E-state index in [4.69, 9.17) is 11.6 Å². The van der Waals surface area contributed by atoms with Crippen LogP contribution in [0.15, 0.2) is 42.7 Å². The number of anilines is 1. The number of benzene rings is 1. The van der Waals surface area contributed by atoms with E-state index in [2.05, 4.69) is 25.5 Å². The summed E-state index contributed by atoms with van der Waals surface area (Å²) in [6.45, 7) is 0.376. The Bertz CT molecular complexity index is 1330. The molecule has 0 atom stereocenters. The molecule has 164 valence electrons. The fourth-order valence-electron chi connectivity index (χ4n) is 3.31. The van der Waals surface area contributed by atoms with E-state index in [-0.39, 0.29) is 23.2 Å². The molecule has 1 N–H and O–H groups in total. The highest BCUT2D eigenvalue weighted by atomic mass is 35.5. The maximum absolute atomic E-state index is 13.5. The molecule has 1 aliphatic rings. The number of nitrogens with one attached hydrogen (secondary N) is 1. The van der Waals surface area contributed by atoms with Crippen molar-refractivity contribution in [2.45, 2.75) is 31.5 Å². The first-order valence-corrected chi connectivity index (χ1v) is 10.1. The second kappa shape index (κ2) is 7.59. The summed E-state index contributed by atoms with van der Waals surface area (Å²) in [7, 11) is 0. The standard InChI is InChI=1S/C20H15ClF3N7O/c21-13-3-1-2-11(6-13)9-30-10-25-19(29-30)27-18(32)15-8-17-26-14(12-4-5-12)7-16(20(22,23)24)31(17)28-15/h1-3,6-8,10,12H,4-5,9H2,(H,27,29,32). The quantitative estimate of drug-likeness (QED) is 0.481. The fraction of sp³-hybridized carbons (Fsp3) is 0.250. The van der Waals surface area contributed by atoms with Crippen LogP contribution in [0.3, 0.4) is 0 Å². The lowest BCUT2D eigenvalue weighted by Crippen LogP contribution is -2.16. The number of carbonyl (C=O) groups is 1. The van der Waals surface area contributed by atoms with E-state index < -0.39 is 17.8 Å². The van der Waals surface area contributed by atoms with Crippen LogP contribution in [-0.4, -0.2) is 35.3 Å². The Labute approximate surface area is 184 Å². The van der Waals surface area contributed by atoms with Crippen molar-refractivity contribution in [2.75, 3.05) is 5.32 Å². The molecule has 1 aromatic carbocycles. The molecule has 1 aliphatic carbocycles. The van der Waals surface area contributed by atoms with Crippen molar-refractivity contribution in [1.82, 2.24) is 29.4 Å². The molecular formula is C20H15ClF3N7O. The average Bonchev–Trinajstić information content (AvgIpc) is 3.34. The van der Waals surface area contributed by atoms with Crippen LogP contribution in [0.5, 0.6) is 0 Å². The summed E-state index contributed by atoms with van der Waals surface area (Å²) in [6.07, 6.45) is -1.62. The molecule has 1 fully saturated rings. The van der Waals surface area contributed by atoms with Crippen molar-refractivity contribution in [3.63, 3.8) is 0 Å². The molecule has 4 aromatic rings. The van der Waals surface area contributed by atoms with Crippen LogP contribution in [0.1, 0.15) is 46.2 Å². The lowest BCUT2D eigenvalue weighted by atomic mass is 10.2. The summed E-state index contributed by atoms with van der Waals surface area (Å²) in [5, 5.41) is 11.0. The van der Waals surface area contributed by atoms with Crippen LogP contribution in [0.2, 0.25) is 5.02 Å². The number of amides is 1. The molecule has 3 aromatic heterocycles. The van der Waals surface area contributed by atoms with Gasteiger partial charge in [0.2, 0.25) is 5.95 Å². The normalized spacial score (nSPS) is 14.1. The third kappa shape index (κ3) is 4.15. The summed E-state index contributed by atoms with van der Waals surface area (Å²) in [4.78, 5) is 20.9. The van der Waals surface area contributed by atoms with Gasteiger partial charge >= 0.3 is 6.18 Å². The van der Waals surface area contributed by atoms with Crippen molar-refractivity contribution >= 4 is 29.1 Å². The van der Waals surface area contributed by atoms with Gasteiger partial charge in [0, 0.05) is 22.7 Å². The van der Waals surface area contributed by atoms with Gasteiger partial charge in [-0.1, -0.05) is 23.7 Å². The molecule has 0 bridgehead atoms. The molecule has 0 radical (unpaired) electrons. The van der Waals surface area contributed by atoms with Gasteiger partial charge in [-0.3, -0.25) is 10.1 Å². The van der Waals surface area contributed by atoms with E-state index in [0.717, 1.165) is 24.5 Å². The summed E-state index contributed by atoms with van der Waals surface area (Å²) < 4.78 is 42.7. The van der Waals surface area contributed by atoms with Gasteiger partial charge in [0.1, 0.15) is 12.0 Å². The molecule has 0 spiro atoms. The van der Waals surface area contributed by atoms with Gasteiger partial charge in [-0.05, 0) is 36.6 Å².